The summed E-state index contributed by atoms with van der Waals surface area (Å²) in [4.78, 5) is 0. The van der Waals surface area contributed by atoms with E-state index in [2.05, 4.69) is 47.8 Å². The average molecular weight is 499 g/mol. The minimum absolute atomic E-state index is 0.175. The molecule has 0 aliphatic carbocycles. The Morgan fingerprint density at radius 1 is 1.00 bits per heavy atom. The molecule has 0 aliphatic rings. The van der Waals surface area contributed by atoms with Gasteiger partial charge in [-0.1, -0.05) is 77.6 Å². The lowest BCUT2D eigenvalue weighted by Crippen LogP contribution is -2.33. The van der Waals surface area contributed by atoms with Crippen molar-refractivity contribution in [3.63, 3.8) is 0 Å². The summed E-state index contributed by atoms with van der Waals surface area (Å²) in [6.07, 6.45) is 0.765. The molecule has 0 spiro atoms. The van der Waals surface area contributed by atoms with Crippen LogP contribution in [0.2, 0.25) is 5.02 Å². The molecule has 0 radical (unpaired) electrons. The van der Waals surface area contributed by atoms with Gasteiger partial charge in [-0.3, -0.25) is 0 Å². The molecule has 0 atom stereocenters. The van der Waals surface area contributed by atoms with Gasteiger partial charge in [-0.05, 0) is 41.8 Å². The topological polar surface area (TPSA) is 0 Å². The van der Waals surface area contributed by atoms with Gasteiger partial charge in [0.15, 0.2) is 0 Å². The first-order valence-corrected chi connectivity index (χ1v) is 9.74. The lowest BCUT2D eigenvalue weighted by atomic mass is 9.79. The van der Waals surface area contributed by atoms with Crippen molar-refractivity contribution in [1.29, 1.82) is 0 Å². The van der Waals surface area contributed by atoms with Crippen molar-refractivity contribution < 1.29 is 4.39 Å². The van der Waals surface area contributed by atoms with Crippen LogP contribution < -0.4 is 0 Å². The van der Waals surface area contributed by atoms with Gasteiger partial charge < -0.3 is 0 Å². The van der Waals surface area contributed by atoms with E-state index in [9.17, 15) is 4.39 Å². The fourth-order valence-corrected chi connectivity index (χ4v) is 4.93. The number of benzene rings is 2. The molecule has 0 unspecified atom stereocenters. The molecule has 0 saturated heterocycles. The summed E-state index contributed by atoms with van der Waals surface area (Å²) in [5.41, 5.74) is 1.98. The average Bonchev–Trinajstić information content (AvgIpc) is 2.48. The minimum Gasteiger partial charge on any atom is -0.207 e. The van der Waals surface area contributed by atoms with Crippen molar-refractivity contribution in [1.82, 2.24) is 0 Å². The number of hydrogen-bond acceptors (Lipinski definition) is 0. The molecule has 2 aromatic carbocycles. The number of hydrogen-bond donors (Lipinski definition) is 0. The molecular weight excluding hydrogens is 486 g/mol. The van der Waals surface area contributed by atoms with E-state index in [0.29, 0.717) is 0 Å². The molecule has 0 N–H and O–H groups in total. The van der Waals surface area contributed by atoms with Gasteiger partial charge in [0, 0.05) is 25.6 Å². The fraction of sp³-hybridized carbons (Fsp3) is 0.250. The van der Waals surface area contributed by atoms with E-state index in [4.69, 9.17) is 11.6 Å². The van der Waals surface area contributed by atoms with E-state index in [1.54, 1.807) is 0 Å². The second kappa shape index (κ2) is 7.58. The molecule has 0 bridgehead atoms. The second-order valence-corrected chi connectivity index (χ2v) is 7.41. The van der Waals surface area contributed by atoms with Gasteiger partial charge >= 0.3 is 0 Å². The Morgan fingerprint density at radius 3 is 2.14 bits per heavy atom. The van der Waals surface area contributed by atoms with Gasteiger partial charge in [-0.25, -0.2) is 4.39 Å². The van der Waals surface area contributed by atoms with Crippen molar-refractivity contribution >= 4 is 59.4 Å². The van der Waals surface area contributed by atoms with Crippen LogP contribution in [0.1, 0.15) is 11.1 Å². The number of halogens is 5. The zero-order valence-electron chi connectivity index (χ0n) is 11.1. The van der Waals surface area contributed by atoms with Crippen molar-refractivity contribution in [2.45, 2.75) is 11.8 Å². The molecule has 0 aromatic heterocycles. The van der Waals surface area contributed by atoms with Crippen LogP contribution in [0.15, 0.2) is 46.9 Å². The van der Waals surface area contributed by atoms with E-state index in [1.165, 1.54) is 12.1 Å². The van der Waals surface area contributed by atoms with E-state index >= 15 is 0 Å². The molecule has 0 fully saturated rings. The summed E-state index contributed by atoms with van der Waals surface area (Å²) in [6, 6.07) is 12.6. The predicted molar refractivity (Wildman–Crippen MR) is 98.5 cm³/mol. The maximum atomic E-state index is 13.2. The third-order valence-corrected chi connectivity index (χ3v) is 6.50. The van der Waals surface area contributed by atoms with Crippen molar-refractivity contribution in [2.75, 3.05) is 10.7 Å². The summed E-state index contributed by atoms with van der Waals surface area (Å²) >= 11 is 17.0. The predicted octanol–water partition coefficient (Wildman–Crippen LogP) is 6.51. The highest BCUT2D eigenvalue weighted by atomic mass is 79.9. The monoisotopic (exact) mass is 496 g/mol. The SMILES string of the molecule is Fc1ccc(C(CBr)(CBr)Cc2ccc(Br)cc2Cl)cc1. The molecule has 0 amide bonds. The minimum atomic E-state index is -0.224. The van der Waals surface area contributed by atoms with Crippen LogP contribution >= 0.6 is 59.4 Å². The molecule has 0 heterocycles. The molecule has 112 valence electrons. The first-order chi connectivity index (χ1) is 10.0. The fourth-order valence-electron chi connectivity index (χ4n) is 2.22. The standard InChI is InChI=1S/C16H13Br3ClF/c17-9-16(10-18,12-2-5-14(21)6-3-12)8-11-1-4-13(19)7-15(11)20/h1-7H,8-10H2. The maximum absolute atomic E-state index is 13.2. The first-order valence-electron chi connectivity index (χ1n) is 6.33. The Bertz CT molecular complexity index is 609. The van der Waals surface area contributed by atoms with E-state index in [1.807, 2.05) is 30.3 Å². The second-order valence-electron chi connectivity index (χ2n) is 4.97. The summed E-state index contributed by atoms with van der Waals surface area (Å²) in [7, 11) is 0. The summed E-state index contributed by atoms with van der Waals surface area (Å²) in [5.74, 6) is -0.224. The van der Waals surface area contributed by atoms with Crippen molar-refractivity contribution in [3.05, 3.63) is 68.9 Å². The lowest BCUT2D eigenvalue weighted by Gasteiger charge is -2.31. The van der Waals surface area contributed by atoms with Gasteiger partial charge in [-0.15, -0.1) is 0 Å². The Kier molecular flexibility index (Phi) is 6.30. The van der Waals surface area contributed by atoms with Gasteiger partial charge in [0.25, 0.3) is 0 Å². The van der Waals surface area contributed by atoms with Crippen LogP contribution in [0, 0.1) is 5.82 Å². The van der Waals surface area contributed by atoms with Gasteiger partial charge in [0.05, 0.1) is 0 Å². The summed E-state index contributed by atoms with van der Waals surface area (Å²) in [6.45, 7) is 0. The van der Waals surface area contributed by atoms with E-state index < -0.39 is 0 Å². The van der Waals surface area contributed by atoms with Crippen LogP contribution in [0.3, 0.4) is 0 Å². The van der Waals surface area contributed by atoms with Crippen LogP contribution in [0.4, 0.5) is 4.39 Å². The molecule has 0 aliphatic heterocycles. The number of alkyl halides is 2. The maximum Gasteiger partial charge on any atom is 0.123 e. The van der Waals surface area contributed by atoms with Crippen molar-refractivity contribution in [2.24, 2.45) is 0 Å². The van der Waals surface area contributed by atoms with Gasteiger partial charge in [-0.2, -0.15) is 0 Å². The Balaban J connectivity index is 2.40. The number of rotatable bonds is 5. The molecule has 2 aromatic rings. The van der Waals surface area contributed by atoms with Crippen LogP contribution in [0.5, 0.6) is 0 Å². The summed E-state index contributed by atoms with van der Waals surface area (Å²) < 4.78 is 14.1. The normalized spacial score (nSPS) is 11.7. The van der Waals surface area contributed by atoms with Gasteiger partial charge in [0.2, 0.25) is 0 Å². The molecule has 21 heavy (non-hydrogen) atoms. The highest BCUT2D eigenvalue weighted by molar-refractivity contribution is 9.10. The lowest BCUT2D eigenvalue weighted by molar-refractivity contribution is 0.548. The Labute approximate surface area is 154 Å². The third kappa shape index (κ3) is 4.10. The summed E-state index contributed by atoms with van der Waals surface area (Å²) in [5, 5.41) is 2.24. The molecule has 0 nitrogen and oxygen atoms in total. The highest BCUT2D eigenvalue weighted by Gasteiger charge is 2.31. The highest BCUT2D eigenvalue weighted by Crippen LogP contribution is 2.35. The Morgan fingerprint density at radius 2 is 1.62 bits per heavy atom. The van der Waals surface area contributed by atoms with Gasteiger partial charge in [0.1, 0.15) is 5.82 Å². The first kappa shape index (κ1) is 17.5. The quantitative estimate of drug-likeness (QED) is 0.412. The zero-order valence-corrected chi connectivity index (χ0v) is 16.6. The molecule has 0 saturated carbocycles. The molecule has 5 heteroatoms. The van der Waals surface area contributed by atoms with Crippen molar-refractivity contribution in [3.8, 4) is 0 Å². The van der Waals surface area contributed by atoms with E-state index in [0.717, 1.165) is 37.7 Å². The largest absolute Gasteiger partial charge is 0.207 e. The van der Waals surface area contributed by atoms with E-state index in [-0.39, 0.29) is 11.2 Å². The van der Waals surface area contributed by atoms with Crippen LogP contribution in [-0.2, 0) is 11.8 Å². The van der Waals surface area contributed by atoms with Crippen LogP contribution in [-0.4, -0.2) is 10.7 Å². The third-order valence-electron chi connectivity index (χ3n) is 3.51. The van der Waals surface area contributed by atoms with Crippen LogP contribution in [0.25, 0.3) is 0 Å². The Hall–Kier alpha value is 0.1000. The molecule has 2 rings (SSSR count). The molecular formula is C16H13Br3ClF. The smallest absolute Gasteiger partial charge is 0.123 e. The zero-order chi connectivity index (χ0) is 15.5.